The number of amides is 1. The summed E-state index contributed by atoms with van der Waals surface area (Å²) in [6.45, 7) is 0.768. The first-order valence-corrected chi connectivity index (χ1v) is 7.23. The number of carbonyl (C=O) groups is 1. The van der Waals surface area contributed by atoms with E-state index in [2.05, 4.69) is 5.32 Å². The van der Waals surface area contributed by atoms with Crippen LogP contribution in [0, 0.1) is 5.92 Å². The van der Waals surface area contributed by atoms with Crippen molar-refractivity contribution in [3.8, 4) is 11.5 Å². The summed E-state index contributed by atoms with van der Waals surface area (Å²) in [4.78, 5) is 12.2. The first kappa shape index (κ1) is 16.6. The van der Waals surface area contributed by atoms with Gasteiger partial charge in [-0.25, -0.2) is 0 Å². The summed E-state index contributed by atoms with van der Waals surface area (Å²) >= 11 is 0. The minimum atomic E-state index is -0.112. The number of hydrogen-bond acceptors (Lipinski definition) is 4. The van der Waals surface area contributed by atoms with Crippen LogP contribution in [-0.4, -0.2) is 32.2 Å². The number of rotatable bonds is 5. The Morgan fingerprint density at radius 3 is 2.95 bits per heavy atom. The number of nitrogens with two attached hydrogens (primary N) is 1. The third-order valence-electron chi connectivity index (χ3n) is 3.95. The Balaban J connectivity index is 0.00000176. The summed E-state index contributed by atoms with van der Waals surface area (Å²) in [5.74, 6) is 1.83. The molecule has 1 saturated carbocycles. The van der Waals surface area contributed by atoms with Gasteiger partial charge >= 0.3 is 0 Å². The summed E-state index contributed by atoms with van der Waals surface area (Å²) in [5.41, 5.74) is 7.46. The normalized spacial score (nSPS) is 17.3. The van der Waals surface area contributed by atoms with Gasteiger partial charge < -0.3 is 20.5 Å². The van der Waals surface area contributed by atoms with E-state index in [-0.39, 0.29) is 31.0 Å². The van der Waals surface area contributed by atoms with Gasteiger partial charge in [-0.2, -0.15) is 0 Å². The molecule has 3 N–H and O–H groups in total. The Kier molecular flexibility index (Phi) is 5.32. The maximum absolute atomic E-state index is 12.2. The second-order valence-corrected chi connectivity index (χ2v) is 5.55. The molecule has 0 aromatic heterocycles. The number of halogens is 1. The zero-order valence-corrected chi connectivity index (χ0v) is 13.3. The summed E-state index contributed by atoms with van der Waals surface area (Å²) in [5, 5.41) is 2.89. The lowest BCUT2D eigenvalue weighted by Crippen LogP contribution is -2.40. The van der Waals surface area contributed by atoms with Gasteiger partial charge in [0.2, 0.25) is 0 Å². The van der Waals surface area contributed by atoms with E-state index in [0.29, 0.717) is 29.5 Å². The Hall–Kier alpha value is -1.72. The van der Waals surface area contributed by atoms with E-state index >= 15 is 0 Å². The van der Waals surface area contributed by atoms with Crippen molar-refractivity contribution >= 4 is 24.4 Å². The average molecular weight is 325 g/mol. The van der Waals surface area contributed by atoms with Gasteiger partial charge in [0.1, 0.15) is 6.61 Å². The molecule has 1 aliphatic heterocycles. The molecule has 22 heavy (non-hydrogen) atoms. The van der Waals surface area contributed by atoms with Gasteiger partial charge in [-0.3, -0.25) is 4.79 Å². The number of methoxy groups -OCH3 is 1. The second-order valence-electron chi connectivity index (χ2n) is 5.55. The van der Waals surface area contributed by atoms with E-state index in [1.807, 2.05) is 24.3 Å². The molecular weight excluding hydrogens is 304 g/mol. The van der Waals surface area contributed by atoms with E-state index in [1.165, 1.54) is 12.8 Å². The van der Waals surface area contributed by atoms with Crippen LogP contribution >= 0.6 is 12.4 Å². The molecule has 0 bridgehead atoms. The van der Waals surface area contributed by atoms with Crippen LogP contribution in [0.3, 0.4) is 0 Å². The molecule has 2 aliphatic rings. The molecule has 3 rings (SSSR count). The topological polar surface area (TPSA) is 73.6 Å². The van der Waals surface area contributed by atoms with Crippen molar-refractivity contribution in [1.29, 1.82) is 0 Å². The number of nitrogens with one attached hydrogen (secondary N) is 1. The summed E-state index contributed by atoms with van der Waals surface area (Å²) < 4.78 is 10.9. The van der Waals surface area contributed by atoms with Crippen molar-refractivity contribution in [2.24, 2.45) is 11.7 Å². The third kappa shape index (κ3) is 3.54. The SMILES string of the molecule is COc1cccc2c1OCC(C(=O)NCC(N)C1CC1)=C2.Cl. The minimum absolute atomic E-state index is 0. The molecule has 1 heterocycles. The predicted octanol–water partition coefficient (Wildman–Crippen LogP) is 1.75. The van der Waals surface area contributed by atoms with Crippen molar-refractivity contribution < 1.29 is 14.3 Å². The third-order valence-corrected chi connectivity index (χ3v) is 3.95. The van der Waals surface area contributed by atoms with Gasteiger partial charge in [0.05, 0.1) is 12.7 Å². The van der Waals surface area contributed by atoms with Gasteiger partial charge in [0.15, 0.2) is 11.5 Å². The molecule has 1 aromatic rings. The number of fused-ring (bicyclic) bond motifs is 1. The van der Waals surface area contributed by atoms with Crippen LogP contribution in [0.15, 0.2) is 23.8 Å². The van der Waals surface area contributed by atoms with Gasteiger partial charge in [-0.1, -0.05) is 12.1 Å². The Morgan fingerprint density at radius 1 is 1.50 bits per heavy atom. The van der Waals surface area contributed by atoms with Crippen LogP contribution in [-0.2, 0) is 4.79 Å². The van der Waals surface area contributed by atoms with Gasteiger partial charge in [0.25, 0.3) is 5.91 Å². The molecule has 1 aromatic carbocycles. The van der Waals surface area contributed by atoms with Crippen molar-refractivity contribution in [1.82, 2.24) is 5.32 Å². The Labute approximate surface area is 136 Å². The lowest BCUT2D eigenvalue weighted by Gasteiger charge is -2.20. The minimum Gasteiger partial charge on any atom is -0.493 e. The molecule has 1 aliphatic carbocycles. The number of benzene rings is 1. The molecule has 120 valence electrons. The highest BCUT2D eigenvalue weighted by molar-refractivity contribution is 5.99. The van der Waals surface area contributed by atoms with Gasteiger partial charge in [0, 0.05) is 18.2 Å². The molecule has 0 spiro atoms. The van der Waals surface area contributed by atoms with E-state index in [9.17, 15) is 4.79 Å². The van der Waals surface area contributed by atoms with Crippen molar-refractivity contribution in [3.63, 3.8) is 0 Å². The number of carbonyl (C=O) groups excluding carboxylic acids is 1. The smallest absolute Gasteiger partial charge is 0.250 e. The highest BCUT2D eigenvalue weighted by Gasteiger charge is 2.29. The van der Waals surface area contributed by atoms with E-state index in [1.54, 1.807) is 7.11 Å². The second kappa shape index (κ2) is 7.03. The molecular formula is C16H21ClN2O3. The molecule has 1 amide bonds. The van der Waals surface area contributed by atoms with Gasteiger partial charge in [-0.05, 0) is 30.9 Å². The predicted molar refractivity (Wildman–Crippen MR) is 87.4 cm³/mol. The number of para-hydroxylation sites is 1. The van der Waals surface area contributed by atoms with Crippen molar-refractivity contribution in [2.45, 2.75) is 18.9 Å². The largest absolute Gasteiger partial charge is 0.493 e. The molecule has 0 saturated heterocycles. The van der Waals surface area contributed by atoms with E-state index in [0.717, 1.165) is 5.56 Å². The maximum Gasteiger partial charge on any atom is 0.250 e. The number of hydrogen-bond donors (Lipinski definition) is 2. The lowest BCUT2D eigenvalue weighted by molar-refractivity contribution is -0.117. The van der Waals surface area contributed by atoms with Crippen molar-refractivity contribution in [2.75, 3.05) is 20.3 Å². The Bertz CT molecular complexity index is 585. The summed E-state index contributed by atoms with van der Waals surface area (Å²) in [6, 6.07) is 5.68. The average Bonchev–Trinajstić information content (AvgIpc) is 3.35. The highest BCUT2D eigenvalue weighted by atomic mass is 35.5. The van der Waals surface area contributed by atoms with Crippen LogP contribution in [0.1, 0.15) is 18.4 Å². The van der Waals surface area contributed by atoms with Gasteiger partial charge in [-0.15, -0.1) is 12.4 Å². The van der Waals surface area contributed by atoms with Crippen LogP contribution in [0.4, 0.5) is 0 Å². The lowest BCUT2D eigenvalue weighted by atomic mass is 10.1. The fourth-order valence-electron chi connectivity index (χ4n) is 2.49. The maximum atomic E-state index is 12.2. The molecule has 5 nitrogen and oxygen atoms in total. The van der Waals surface area contributed by atoms with Crippen molar-refractivity contribution in [3.05, 3.63) is 29.3 Å². The first-order valence-electron chi connectivity index (χ1n) is 7.23. The zero-order chi connectivity index (χ0) is 14.8. The van der Waals surface area contributed by atoms with E-state index < -0.39 is 0 Å². The van der Waals surface area contributed by atoms with Crippen LogP contribution in [0.5, 0.6) is 11.5 Å². The van der Waals surface area contributed by atoms with Crippen LogP contribution < -0.4 is 20.5 Å². The fourth-order valence-corrected chi connectivity index (χ4v) is 2.49. The molecule has 0 radical (unpaired) electrons. The van der Waals surface area contributed by atoms with E-state index in [4.69, 9.17) is 15.2 Å². The van der Waals surface area contributed by atoms with Crippen LogP contribution in [0.25, 0.3) is 6.08 Å². The summed E-state index contributed by atoms with van der Waals surface area (Å²) in [6.07, 6.45) is 4.20. The molecule has 1 fully saturated rings. The summed E-state index contributed by atoms with van der Waals surface area (Å²) in [7, 11) is 1.60. The number of ether oxygens (including phenoxy) is 2. The fraction of sp³-hybridized carbons (Fsp3) is 0.438. The Morgan fingerprint density at radius 2 is 2.27 bits per heavy atom. The molecule has 6 heteroatoms. The monoisotopic (exact) mass is 324 g/mol. The molecule has 1 atom stereocenters. The van der Waals surface area contributed by atoms with Crippen LogP contribution in [0.2, 0.25) is 0 Å². The molecule has 1 unspecified atom stereocenters. The standard InChI is InChI=1S/C16H20N2O3.ClH/c1-20-14-4-2-3-11-7-12(9-21-15(11)14)16(19)18-8-13(17)10-5-6-10;/h2-4,7,10,13H,5-6,8-9,17H2,1H3,(H,18,19);1H. The zero-order valence-electron chi connectivity index (χ0n) is 12.5. The first-order chi connectivity index (χ1) is 10.2. The highest BCUT2D eigenvalue weighted by Crippen LogP contribution is 2.35. The quantitative estimate of drug-likeness (QED) is 0.865.